The minimum atomic E-state index is -0.370. The highest BCUT2D eigenvalue weighted by atomic mass is 19.1. The van der Waals surface area contributed by atoms with Gasteiger partial charge in [-0.2, -0.15) is 0 Å². The summed E-state index contributed by atoms with van der Waals surface area (Å²) in [5.41, 5.74) is 2.08. The molecule has 29 heavy (non-hydrogen) atoms. The smallest absolute Gasteiger partial charge is 0.261 e. The number of anilines is 1. The summed E-state index contributed by atoms with van der Waals surface area (Å²) in [6.07, 6.45) is 0. The van der Waals surface area contributed by atoms with Crippen LogP contribution in [0, 0.1) is 5.82 Å². The normalized spacial score (nSPS) is 11.4. The number of fused-ring (bicyclic) bond motifs is 1. The maximum Gasteiger partial charge on any atom is 0.261 e. The summed E-state index contributed by atoms with van der Waals surface area (Å²) in [5.74, 6) is -0.0434. The van der Waals surface area contributed by atoms with Gasteiger partial charge < -0.3 is 14.5 Å². The van der Waals surface area contributed by atoms with Crippen molar-refractivity contribution in [3.05, 3.63) is 95.8 Å². The van der Waals surface area contributed by atoms with Crippen LogP contribution < -0.4 is 15.6 Å². The number of hydrogen-bond acceptors (Lipinski definition) is 4. The van der Waals surface area contributed by atoms with Crippen LogP contribution in [-0.4, -0.2) is 13.0 Å². The van der Waals surface area contributed by atoms with Crippen molar-refractivity contribution < 1.29 is 18.3 Å². The van der Waals surface area contributed by atoms with Gasteiger partial charge in [-0.3, -0.25) is 4.79 Å². The lowest BCUT2D eigenvalue weighted by atomic mass is 10.1. The predicted molar refractivity (Wildman–Crippen MR) is 109 cm³/mol. The minimum Gasteiger partial charge on any atom is -0.497 e. The molecule has 0 radical (unpaired) electrons. The summed E-state index contributed by atoms with van der Waals surface area (Å²) in [5, 5.41) is 3.60. The number of carbonyl (C=O) groups is 1. The van der Waals surface area contributed by atoms with E-state index in [2.05, 4.69) is 10.3 Å². The molecular weight excluding hydrogens is 371 g/mol. The Hall–Kier alpha value is -3.93. The number of nitrogens with one attached hydrogen (secondary N) is 1. The minimum absolute atomic E-state index is 0.140. The van der Waals surface area contributed by atoms with E-state index in [4.69, 9.17) is 9.15 Å². The van der Waals surface area contributed by atoms with Gasteiger partial charge in [-0.05, 0) is 60.7 Å². The second kappa shape index (κ2) is 7.98. The molecule has 4 aromatic rings. The van der Waals surface area contributed by atoms with E-state index in [9.17, 15) is 9.18 Å². The molecule has 0 fully saturated rings. The summed E-state index contributed by atoms with van der Waals surface area (Å²) in [6.45, 7) is 0. The van der Waals surface area contributed by atoms with E-state index in [1.54, 1.807) is 43.5 Å². The number of carbonyl (C=O) groups excluding carboxylic acids is 1. The lowest BCUT2D eigenvalue weighted by Gasteiger charge is -2.08. The van der Waals surface area contributed by atoms with Crippen molar-refractivity contribution in [1.29, 1.82) is 0 Å². The molecule has 0 atom stereocenters. The molecule has 1 aromatic heterocycles. The van der Waals surface area contributed by atoms with Crippen LogP contribution in [0.2, 0.25) is 0 Å². The van der Waals surface area contributed by atoms with Crippen LogP contribution in [0.25, 0.3) is 11.0 Å². The zero-order valence-electron chi connectivity index (χ0n) is 15.6. The first-order chi connectivity index (χ1) is 14.1. The SMILES string of the molecule is COc1ccc(NC(=O)c2cc3ccccc3oc2=Nc2ccc(F)cc2)cc1. The lowest BCUT2D eigenvalue weighted by Crippen LogP contribution is -2.21. The van der Waals surface area contributed by atoms with Crippen molar-refractivity contribution in [2.45, 2.75) is 0 Å². The highest BCUT2D eigenvalue weighted by molar-refractivity contribution is 6.05. The standard InChI is InChI=1S/C23H17FN2O3/c1-28-19-12-10-17(11-13-19)25-22(27)20-14-15-4-2-3-5-21(15)29-23(20)26-18-8-6-16(24)7-9-18/h2-14H,1H3,(H,25,27). The second-order valence-corrected chi connectivity index (χ2v) is 6.27. The summed E-state index contributed by atoms with van der Waals surface area (Å²) in [6, 6.07) is 21.7. The fourth-order valence-corrected chi connectivity index (χ4v) is 2.82. The highest BCUT2D eigenvalue weighted by Gasteiger charge is 2.13. The van der Waals surface area contributed by atoms with Crippen LogP contribution in [0.1, 0.15) is 10.4 Å². The Labute approximate surface area is 166 Å². The number of rotatable bonds is 4. The molecule has 0 aliphatic heterocycles. The van der Waals surface area contributed by atoms with Crippen molar-refractivity contribution in [1.82, 2.24) is 0 Å². The predicted octanol–water partition coefficient (Wildman–Crippen LogP) is 5.07. The first-order valence-corrected chi connectivity index (χ1v) is 8.91. The third kappa shape index (κ3) is 4.16. The number of hydrogen-bond donors (Lipinski definition) is 1. The van der Waals surface area contributed by atoms with Crippen LogP contribution in [-0.2, 0) is 0 Å². The summed E-state index contributed by atoms with van der Waals surface area (Å²) in [4.78, 5) is 17.4. The molecule has 1 amide bonds. The first-order valence-electron chi connectivity index (χ1n) is 8.91. The fourth-order valence-electron chi connectivity index (χ4n) is 2.82. The second-order valence-electron chi connectivity index (χ2n) is 6.27. The number of methoxy groups -OCH3 is 1. The molecule has 0 bridgehead atoms. The van der Waals surface area contributed by atoms with Crippen molar-refractivity contribution in [2.24, 2.45) is 4.99 Å². The van der Waals surface area contributed by atoms with Crippen LogP contribution in [0.15, 0.2) is 88.3 Å². The van der Waals surface area contributed by atoms with Gasteiger partial charge in [0.1, 0.15) is 22.7 Å². The van der Waals surface area contributed by atoms with Gasteiger partial charge >= 0.3 is 0 Å². The largest absolute Gasteiger partial charge is 0.497 e. The third-order valence-electron chi connectivity index (χ3n) is 4.31. The molecule has 3 aromatic carbocycles. The van der Waals surface area contributed by atoms with Gasteiger partial charge in [-0.1, -0.05) is 18.2 Å². The number of amides is 1. The van der Waals surface area contributed by atoms with Gasteiger partial charge in [-0.25, -0.2) is 9.38 Å². The number of para-hydroxylation sites is 1. The van der Waals surface area contributed by atoms with Crippen molar-refractivity contribution in [3.63, 3.8) is 0 Å². The lowest BCUT2D eigenvalue weighted by molar-refractivity contribution is 0.102. The zero-order chi connectivity index (χ0) is 20.2. The van der Waals surface area contributed by atoms with Crippen molar-refractivity contribution in [2.75, 3.05) is 12.4 Å². The van der Waals surface area contributed by atoms with Crippen molar-refractivity contribution >= 4 is 28.3 Å². The molecule has 0 aliphatic carbocycles. The molecule has 4 rings (SSSR count). The van der Waals surface area contributed by atoms with E-state index < -0.39 is 0 Å². The van der Waals surface area contributed by atoms with Crippen LogP contribution in [0.4, 0.5) is 15.8 Å². The van der Waals surface area contributed by atoms with Crippen LogP contribution >= 0.6 is 0 Å². The Morgan fingerprint density at radius 2 is 1.72 bits per heavy atom. The Kier molecular flexibility index (Phi) is 5.07. The molecule has 1 N–H and O–H groups in total. The molecule has 0 spiro atoms. The molecule has 0 saturated carbocycles. The Morgan fingerprint density at radius 3 is 2.45 bits per heavy atom. The number of ether oxygens (including phenoxy) is 1. The molecule has 1 heterocycles. The van der Waals surface area contributed by atoms with Gasteiger partial charge in [0.25, 0.3) is 5.91 Å². The van der Waals surface area contributed by atoms with E-state index in [1.165, 1.54) is 24.3 Å². The summed E-state index contributed by atoms with van der Waals surface area (Å²) < 4.78 is 24.2. The monoisotopic (exact) mass is 388 g/mol. The Morgan fingerprint density at radius 1 is 1.00 bits per heavy atom. The number of halogens is 1. The van der Waals surface area contributed by atoms with Gasteiger partial charge in [0, 0.05) is 11.1 Å². The zero-order valence-corrected chi connectivity index (χ0v) is 15.6. The average Bonchev–Trinajstić information content (AvgIpc) is 2.75. The van der Waals surface area contributed by atoms with Crippen molar-refractivity contribution in [3.8, 4) is 5.75 Å². The maximum absolute atomic E-state index is 13.2. The summed E-state index contributed by atoms with van der Waals surface area (Å²) >= 11 is 0. The molecule has 144 valence electrons. The van der Waals surface area contributed by atoms with E-state index in [0.717, 1.165) is 5.39 Å². The van der Waals surface area contributed by atoms with Gasteiger partial charge in [0.05, 0.1) is 12.8 Å². The molecule has 0 aliphatic rings. The van der Waals surface area contributed by atoms with E-state index in [1.807, 2.05) is 18.2 Å². The molecular formula is C23H17FN2O3. The van der Waals surface area contributed by atoms with Gasteiger partial charge in [0.15, 0.2) is 0 Å². The molecule has 0 saturated heterocycles. The Balaban J connectivity index is 1.78. The van der Waals surface area contributed by atoms with Crippen LogP contribution in [0.5, 0.6) is 5.75 Å². The van der Waals surface area contributed by atoms with E-state index in [-0.39, 0.29) is 22.8 Å². The van der Waals surface area contributed by atoms with E-state index in [0.29, 0.717) is 22.7 Å². The number of nitrogens with zero attached hydrogens (tertiary/aromatic N) is 1. The van der Waals surface area contributed by atoms with E-state index >= 15 is 0 Å². The average molecular weight is 388 g/mol. The maximum atomic E-state index is 13.2. The Bertz CT molecular complexity index is 1230. The highest BCUT2D eigenvalue weighted by Crippen LogP contribution is 2.18. The van der Waals surface area contributed by atoms with Gasteiger partial charge in [0.2, 0.25) is 5.55 Å². The topological polar surface area (TPSA) is 63.8 Å². The first kappa shape index (κ1) is 18.4. The fraction of sp³-hybridized carbons (Fsp3) is 0.0435. The molecule has 6 heteroatoms. The van der Waals surface area contributed by atoms with Gasteiger partial charge in [-0.15, -0.1) is 0 Å². The van der Waals surface area contributed by atoms with Crippen LogP contribution in [0.3, 0.4) is 0 Å². The summed E-state index contributed by atoms with van der Waals surface area (Å²) in [7, 11) is 1.58. The third-order valence-corrected chi connectivity index (χ3v) is 4.31. The molecule has 0 unspecified atom stereocenters. The quantitative estimate of drug-likeness (QED) is 0.531. The molecule has 5 nitrogen and oxygen atoms in total. The number of benzene rings is 3.